The van der Waals surface area contributed by atoms with Gasteiger partial charge < -0.3 is 10.6 Å². The molecule has 0 heterocycles. The van der Waals surface area contributed by atoms with Gasteiger partial charge in [0, 0.05) is 10.6 Å². The van der Waals surface area contributed by atoms with Crippen LogP contribution in [0.1, 0.15) is 31.0 Å². The van der Waals surface area contributed by atoms with Gasteiger partial charge in [-0.3, -0.25) is 4.79 Å². The van der Waals surface area contributed by atoms with E-state index in [0.29, 0.717) is 16.3 Å². The normalized spacial score (nSPS) is 13.0. The lowest BCUT2D eigenvalue weighted by molar-refractivity contribution is -0.709. The number of hydrogen-bond donors (Lipinski definition) is 2. The maximum atomic E-state index is 12.3. The van der Waals surface area contributed by atoms with E-state index in [1.807, 2.05) is 43.4 Å². The van der Waals surface area contributed by atoms with Crippen LogP contribution in [0, 0.1) is 11.3 Å². The fourth-order valence-electron chi connectivity index (χ4n) is 2.36. The van der Waals surface area contributed by atoms with Gasteiger partial charge in [-0.15, -0.1) is 0 Å². The molecule has 23 heavy (non-hydrogen) atoms. The molecule has 118 valence electrons. The average molecular weight is 329 g/mol. The van der Waals surface area contributed by atoms with Crippen molar-refractivity contribution in [1.29, 1.82) is 5.26 Å². The highest BCUT2D eigenvalue weighted by Crippen LogP contribution is 2.16. The van der Waals surface area contributed by atoms with Crippen molar-refractivity contribution in [2.75, 3.05) is 5.32 Å². The number of para-hydroxylation sites is 1. The molecule has 0 radical (unpaired) electrons. The number of nitriles is 1. The van der Waals surface area contributed by atoms with Gasteiger partial charge in [0.1, 0.15) is 12.1 Å². The molecule has 0 aromatic heterocycles. The van der Waals surface area contributed by atoms with Crippen LogP contribution < -0.4 is 10.6 Å². The maximum absolute atomic E-state index is 12.3. The Kier molecular flexibility index (Phi) is 5.75. The Hall–Kier alpha value is -2.35. The second-order valence-corrected chi connectivity index (χ2v) is 5.91. The number of anilines is 1. The van der Waals surface area contributed by atoms with Crippen LogP contribution in [0.4, 0.5) is 5.69 Å². The summed E-state index contributed by atoms with van der Waals surface area (Å²) in [5.41, 5.74) is 2.06. The summed E-state index contributed by atoms with van der Waals surface area (Å²) in [6, 6.07) is 16.5. The van der Waals surface area contributed by atoms with E-state index in [4.69, 9.17) is 16.9 Å². The molecule has 1 amide bonds. The van der Waals surface area contributed by atoms with E-state index in [1.165, 1.54) is 0 Å². The van der Waals surface area contributed by atoms with E-state index < -0.39 is 0 Å². The van der Waals surface area contributed by atoms with Gasteiger partial charge in [0.25, 0.3) is 5.91 Å². The molecule has 0 aliphatic heterocycles. The zero-order valence-electron chi connectivity index (χ0n) is 13.1. The van der Waals surface area contributed by atoms with Gasteiger partial charge in [-0.25, -0.2) is 0 Å². The van der Waals surface area contributed by atoms with Crippen molar-refractivity contribution in [1.82, 2.24) is 0 Å². The standard InChI is InChI=1S/C18H18ClN3O/c1-12(14-7-5-8-16(19)10-14)21-13(2)18(23)22-17-9-4-3-6-15(17)11-20/h3-10,12-13,21H,1-2H3,(H,22,23)/p+1/t12-,13+/m0/s1. The Morgan fingerprint density at radius 1 is 1.22 bits per heavy atom. The smallest absolute Gasteiger partial charge is 0.282 e. The van der Waals surface area contributed by atoms with Crippen molar-refractivity contribution in [3.8, 4) is 6.07 Å². The van der Waals surface area contributed by atoms with Gasteiger partial charge in [0.05, 0.1) is 11.3 Å². The van der Waals surface area contributed by atoms with E-state index in [9.17, 15) is 4.79 Å². The van der Waals surface area contributed by atoms with Crippen molar-refractivity contribution in [3.05, 3.63) is 64.7 Å². The summed E-state index contributed by atoms with van der Waals surface area (Å²) in [6.45, 7) is 3.87. The third kappa shape index (κ3) is 4.56. The Morgan fingerprint density at radius 2 is 1.96 bits per heavy atom. The number of carbonyl (C=O) groups is 1. The third-order valence-corrected chi connectivity index (χ3v) is 3.91. The highest BCUT2D eigenvalue weighted by atomic mass is 35.5. The van der Waals surface area contributed by atoms with Crippen LogP contribution >= 0.6 is 11.6 Å². The maximum Gasteiger partial charge on any atom is 0.282 e. The summed E-state index contributed by atoms with van der Waals surface area (Å²) >= 11 is 6.00. The van der Waals surface area contributed by atoms with Crippen LogP contribution in [0.3, 0.4) is 0 Å². The first kappa shape index (κ1) is 17.0. The molecular weight excluding hydrogens is 310 g/mol. The van der Waals surface area contributed by atoms with Gasteiger partial charge in [-0.1, -0.05) is 35.9 Å². The molecule has 5 heteroatoms. The zero-order valence-corrected chi connectivity index (χ0v) is 13.8. The van der Waals surface area contributed by atoms with Crippen molar-refractivity contribution in [2.24, 2.45) is 0 Å². The SMILES string of the molecule is C[C@H]([NH2+][C@H](C)C(=O)Nc1ccccc1C#N)c1cccc(Cl)c1. The first-order chi connectivity index (χ1) is 11.0. The highest BCUT2D eigenvalue weighted by Gasteiger charge is 2.21. The van der Waals surface area contributed by atoms with E-state index in [1.54, 1.807) is 24.3 Å². The van der Waals surface area contributed by atoms with Crippen LogP contribution in [0.25, 0.3) is 0 Å². The predicted molar refractivity (Wildman–Crippen MR) is 91.0 cm³/mol. The number of amides is 1. The summed E-state index contributed by atoms with van der Waals surface area (Å²) in [5.74, 6) is -0.137. The molecule has 0 aliphatic rings. The molecule has 2 aromatic carbocycles. The fraction of sp³-hybridized carbons (Fsp3) is 0.222. The number of halogens is 1. The van der Waals surface area contributed by atoms with E-state index in [2.05, 4.69) is 11.4 Å². The zero-order chi connectivity index (χ0) is 16.8. The van der Waals surface area contributed by atoms with Crippen LogP contribution in [-0.4, -0.2) is 11.9 Å². The minimum Gasteiger partial charge on any atom is -0.330 e. The van der Waals surface area contributed by atoms with E-state index in [0.717, 1.165) is 5.56 Å². The molecule has 0 saturated carbocycles. The first-order valence-corrected chi connectivity index (χ1v) is 7.79. The van der Waals surface area contributed by atoms with Crippen molar-refractivity contribution >= 4 is 23.2 Å². The Bertz CT molecular complexity index is 739. The lowest BCUT2D eigenvalue weighted by Crippen LogP contribution is -2.91. The molecule has 0 fully saturated rings. The highest BCUT2D eigenvalue weighted by molar-refractivity contribution is 6.30. The van der Waals surface area contributed by atoms with E-state index >= 15 is 0 Å². The number of rotatable bonds is 5. The fourth-order valence-corrected chi connectivity index (χ4v) is 2.56. The summed E-state index contributed by atoms with van der Waals surface area (Å²) in [5, 5.41) is 14.5. The monoisotopic (exact) mass is 328 g/mol. The molecule has 0 spiro atoms. The molecule has 0 bridgehead atoms. The molecule has 2 aromatic rings. The Labute approximate surface area is 141 Å². The quantitative estimate of drug-likeness (QED) is 0.886. The molecular formula is C18H19ClN3O+. The first-order valence-electron chi connectivity index (χ1n) is 7.41. The average Bonchev–Trinajstić information content (AvgIpc) is 2.55. The van der Waals surface area contributed by atoms with E-state index in [-0.39, 0.29) is 18.0 Å². The van der Waals surface area contributed by atoms with Gasteiger partial charge in [0.2, 0.25) is 0 Å². The molecule has 2 atom stereocenters. The van der Waals surface area contributed by atoms with Crippen molar-refractivity contribution in [3.63, 3.8) is 0 Å². The minimum absolute atomic E-state index is 0.0978. The number of nitrogens with two attached hydrogens (primary N) is 1. The van der Waals surface area contributed by atoms with Crippen molar-refractivity contribution < 1.29 is 10.1 Å². The largest absolute Gasteiger partial charge is 0.330 e. The molecule has 0 aliphatic carbocycles. The summed E-state index contributed by atoms with van der Waals surface area (Å²) in [4.78, 5) is 12.3. The van der Waals surface area contributed by atoms with Crippen molar-refractivity contribution in [2.45, 2.75) is 25.9 Å². The number of nitrogens with one attached hydrogen (secondary N) is 1. The van der Waals surface area contributed by atoms with Crippen LogP contribution in [-0.2, 0) is 4.79 Å². The van der Waals surface area contributed by atoms with Gasteiger partial charge in [-0.2, -0.15) is 5.26 Å². The lowest BCUT2D eigenvalue weighted by Gasteiger charge is -2.17. The summed E-state index contributed by atoms with van der Waals surface area (Å²) < 4.78 is 0. The van der Waals surface area contributed by atoms with Crippen LogP contribution in [0.15, 0.2) is 48.5 Å². The number of benzene rings is 2. The second-order valence-electron chi connectivity index (χ2n) is 5.47. The predicted octanol–water partition coefficient (Wildman–Crippen LogP) is 2.86. The number of carbonyl (C=O) groups excluding carboxylic acids is 1. The van der Waals surface area contributed by atoms with Gasteiger partial charge in [0.15, 0.2) is 6.04 Å². The third-order valence-electron chi connectivity index (χ3n) is 3.67. The topological polar surface area (TPSA) is 69.5 Å². The second kappa shape index (κ2) is 7.77. The number of nitrogens with zero attached hydrogens (tertiary/aromatic N) is 1. The molecule has 0 unspecified atom stereocenters. The Morgan fingerprint density at radius 3 is 2.65 bits per heavy atom. The molecule has 4 nitrogen and oxygen atoms in total. The van der Waals surface area contributed by atoms with Crippen LogP contribution in [0.2, 0.25) is 5.02 Å². The molecule has 3 N–H and O–H groups in total. The lowest BCUT2D eigenvalue weighted by atomic mass is 10.1. The summed E-state index contributed by atoms with van der Waals surface area (Å²) in [6.07, 6.45) is 0. The Balaban J connectivity index is 2.01. The number of hydrogen-bond acceptors (Lipinski definition) is 2. The minimum atomic E-state index is -0.296. The van der Waals surface area contributed by atoms with Gasteiger partial charge in [-0.05, 0) is 38.1 Å². The molecule has 2 rings (SSSR count). The van der Waals surface area contributed by atoms with Crippen LogP contribution in [0.5, 0.6) is 0 Å². The van der Waals surface area contributed by atoms with Gasteiger partial charge >= 0.3 is 0 Å². The molecule has 0 saturated heterocycles. The number of quaternary nitrogens is 1. The summed E-state index contributed by atoms with van der Waals surface area (Å²) in [7, 11) is 0.